The van der Waals surface area contributed by atoms with Crippen molar-refractivity contribution >= 4 is 28.8 Å². The first kappa shape index (κ1) is 18.1. The van der Waals surface area contributed by atoms with Gasteiger partial charge >= 0.3 is 6.61 Å². The molecule has 1 aromatic heterocycles. The minimum atomic E-state index is -2.90. The van der Waals surface area contributed by atoms with Crippen LogP contribution in [0.3, 0.4) is 0 Å². The molecule has 0 atom stereocenters. The van der Waals surface area contributed by atoms with E-state index in [1.807, 2.05) is 12.1 Å². The summed E-state index contributed by atoms with van der Waals surface area (Å²) in [6, 6.07) is 9.82. The van der Waals surface area contributed by atoms with Gasteiger partial charge in [-0.15, -0.1) is 11.3 Å². The Kier molecular flexibility index (Phi) is 5.88. The predicted molar refractivity (Wildman–Crippen MR) is 93.6 cm³/mol. The maximum absolute atomic E-state index is 12.6. The Morgan fingerprint density at radius 1 is 1.20 bits per heavy atom. The summed E-state index contributed by atoms with van der Waals surface area (Å²) in [4.78, 5) is 17.8. The molecule has 0 N–H and O–H groups in total. The highest BCUT2D eigenvalue weighted by Crippen LogP contribution is 2.23. The fraction of sp³-hybridized carbons (Fsp3) is 0.353. The Bertz CT molecular complexity index is 733. The predicted octanol–water partition coefficient (Wildman–Crippen LogP) is 3.96. The molecular weight excluding hydrogens is 370 g/mol. The molecule has 1 fully saturated rings. The van der Waals surface area contributed by atoms with Gasteiger partial charge in [0.15, 0.2) is 0 Å². The van der Waals surface area contributed by atoms with Crippen LogP contribution in [0.1, 0.15) is 15.2 Å². The average Bonchev–Trinajstić information content (AvgIpc) is 2.99. The number of benzene rings is 1. The van der Waals surface area contributed by atoms with Gasteiger partial charge in [0.2, 0.25) is 0 Å². The second-order valence-electron chi connectivity index (χ2n) is 5.68. The lowest BCUT2D eigenvalue weighted by molar-refractivity contribution is -0.0499. The number of carbonyl (C=O) groups is 1. The summed E-state index contributed by atoms with van der Waals surface area (Å²) in [5.41, 5.74) is 0.358. The molecule has 2 heterocycles. The van der Waals surface area contributed by atoms with Crippen molar-refractivity contribution in [2.24, 2.45) is 0 Å². The van der Waals surface area contributed by atoms with E-state index in [1.165, 1.54) is 17.0 Å². The smallest absolute Gasteiger partial charge is 0.387 e. The highest BCUT2D eigenvalue weighted by molar-refractivity contribution is 7.16. The first-order valence-corrected chi connectivity index (χ1v) is 9.01. The van der Waals surface area contributed by atoms with Gasteiger partial charge in [0, 0.05) is 43.2 Å². The number of amides is 1. The summed E-state index contributed by atoms with van der Waals surface area (Å²) < 4.78 is 29.7. The number of piperazine rings is 1. The fourth-order valence-corrected chi connectivity index (χ4v) is 3.88. The summed E-state index contributed by atoms with van der Waals surface area (Å²) in [5.74, 6) is -0.174. The van der Waals surface area contributed by atoms with Crippen LogP contribution in [0.15, 0.2) is 36.4 Å². The van der Waals surface area contributed by atoms with Gasteiger partial charge < -0.3 is 9.64 Å². The molecule has 0 unspecified atom stereocenters. The molecule has 1 saturated heterocycles. The van der Waals surface area contributed by atoms with E-state index in [4.69, 9.17) is 11.6 Å². The van der Waals surface area contributed by atoms with Gasteiger partial charge in [-0.3, -0.25) is 9.69 Å². The second kappa shape index (κ2) is 8.12. The lowest BCUT2D eigenvalue weighted by atomic mass is 10.1. The van der Waals surface area contributed by atoms with Crippen molar-refractivity contribution in [1.29, 1.82) is 0 Å². The second-order valence-corrected chi connectivity index (χ2v) is 7.48. The topological polar surface area (TPSA) is 32.8 Å². The average molecular weight is 387 g/mol. The van der Waals surface area contributed by atoms with Crippen LogP contribution in [0, 0.1) is 0 Å². The quantitative estimate of drug-likeness (QED) is 0.779. The molecule has 25 heavy (non-hydrogen) atoms. The number of carbonyl (C=O) groups excluding carboxylic acids is 1. The van der Waals surface area contributed by atoms with Gasteiger partial charge in [0.25, 0.3) is 5.91 Å². The largest absolute Gasteiger partial charge is 0.435 e. The molecule has 0 aliphatic carbocycles. The Balaban J connectivity index is 1.56. The number of hydrogen-bond donors (Lipinski definition) is 0. The molecule has 0 saturated carbocycles. The number of nitrogens with zero attached hydrogens (tertiary/aromatic N) is 2. The molecule has 8 heteroatoms. The van der Waals surface area contributed by atoms with Gasteiger partial charge in [-0.2, -0.15) is 8.78 Å². The minimum absolute atomic E-state index is 0.00550. The molecular formula is C17H17ClF2N2O2S. The zero-order chi connectivity index (χ0) is 17.8. The molecule has 0 bridgehead atoms. The fourth-order valence-electron chi connectivity index (χ4n) is 2.75. The summed E-state index contributed by atoms with van der Waals surface area (Å²) in [6.45, 7) is 0.621. The number of hydrogen-bond acceptors (Lipinski definition) is 4. The van der Waals surface area contributed by atoms with E-state index in [-0.39, 0.29) is 11.7 Å². The zero-order valence-corrected chi connectivity index (χ0v) is 14.9. The SMILES string of the molecule is O=C(c1cccc(OC(F)F)c1)N1CCN(Cc2ccc(Cl)s2)CC1. The van der Waals surface area contributed by atoms with Crippen molar-refractivity contribution in [3.63, 3.8) is 0 Å². The lowest BCUT2D eigenvalue weighted by Gasteiger charge is -2.34. The highest BCUT2D eigenvalue weighted by Gasteiger charge is 2.23. The Morgan fingerprint density at radius 3 is 2.60 bits per heavy atom. The monoisotopic (exact) mass is 386 g/mol. The van der Waals surface area contributed by atoms with E-state index in [0.29, 0.717) is 18.7 Å². The summed E-state index contributed by atoms with van der Waals surface area (Å²) in [7, 11) is 0. The molecule has 1 amide bonds. The number of rotatable bonds is 5. The van der Waals surface area contributed by atoms with E-state index in [2.05, 4.69) is 9.64 Å². The molecule has 1 aliphatic heterocycles. The molecule has 1 aliphatic rings. The standard InChI is InChI=1S/C17H17ClF2N2O2S/c18-15-5-4-14(25-15)11-21-6-8-22(9-7-21)16(23)12-2-1-3-13(10-12)24-17(19)20/h1-5,10,17H,6-9,11H2. The van der Waals surface area contributed by atoms with E-state index >= 15 is 0 Å². The van der Waals surface area contributed by atoms with Crippen LogP contribution in [0.5, 0.6) is 5.75 Å². The number of thiophene rings is 1. The lowest BCUT2D eigenvalue weighted by Crippen LogP contribution is -2.48. The normalized spacial score (nSPS) is 15.6. The van der Waals surface area contributed by atoms with Crippen molar-refractivity contribution in [2.75, 3.05) is 26.2 Å². The van der Waals surface area contributed by atoms with E-state index in [1.54, 1.807) is 28.4 Å². The third-order valence-electron chi connectivity index (χ3n) is 3.97. The van der Waals surface area contributed by atoms with Crippen LogP contribution in [0.2, 0.25) is 4.34 Å². The van der Waals surface area contributed by atoms with Gasteiger partial charge in [-0.1, -0.05) is 17.7 Å². The number of alkyl halides is 2. The molecule has 1 aromatic carbocycles. The van der Waals surface area contributed by atoms with Gasteiger partial charge in [0.1, 0.15) is 5.75 Å². The maximum atomic E-state index is 12.6. The first-order valence-electron chi connectivity index (χ1n) is 7.82. The van der Waals surface area contributed by atoms with Crippen LogP contribution >= 0.6 is 22.9 Å². The Morgan fingerprint density at radius 2 is 1.96 bits per heavy atom. The third-order valence-corrected chi connectivity index (χ3v) is 5.19. The summed E-state index contributed by atoms with van der Waals surface area (Å²) in [5, 5.41) is 0. The van der Waals surface area contributed by atoms with Crippen LogP contribution < -0.4 is 4.74 Å². The summed E-state index contributed by atoms with van der Waals surface area (Å²) in [6.07, 6.45) is 0. The van der Waals surface area contributed by atoms with E-state index in [0.717, 1.165) is 24.0 Å². The van der Waals surface area contributed by atoms with Gasteiger partial charge in [-0.05, 0) is 30.3 Å². The molecule has 3 rings (SSSR count). The van der Waals surface area contributed by atoms with Crippen molar-refractivity contribution in [3.05, 3.63) is 51.2 Å². The molecule has 134 valence electrons. The number of ether oxygens (including phenoxy) is 1. The molecule has 2 aromatic rings. The minimum Gasteiger partial charge on any atom is -0.435 e. The molecule has 0 radical (unpaired) electrons. The van der Waals surface area contributed by atoms with Crippen LogP contribution in [-0.4, -0.2) is 48.5 Å². The number of halogens is 3. The molecule has 0 spiro atoms. The Hall–Kier alpha value is -1.70. The van der Waals surface area contributed by atoms with E-state index in [9.17, 15) is 13.6 Å². The van der Waals surface area contributed by atoms with Crippen molar-refractivity contribution in [1.82, 2.24) is 9.80 Å². The first-order chi connectivity index (χ1) is 12.0. The van der Waals surface area contributed by atoms with Crippen molar-refractivity contribution in [3.8, 4) is 5.75 Å². The molecule has 4 nitrogen and oxygen atoms in total. The van der Waals surface area contributed by atoms with Crippen molar-refractivity contribution < 1.29 is 18.3 Å². The van der Waals surface area contributed by atoms with Gasteiger partial charge in [-0.25, -0.2) is 0 Å². The Labute approximate surface area is 153 Å². The van der Waals surface area contributed by atoms with Crippen LogP contribution in [0.25, 0.3) is 0 Å². The third kappa shape index (κ3) is 4.90. The van der Waals surface area contributed by atoms with Gasteiger partial charge in [0.05, 0.1) is 4.34 Å². The highest BCUT2D eigenvalue weighted by atomic mass is 35.5. The van der Waals surface area contributed by atoms with Crippen LogP contribution in [-0.2, 0) is 6.54 Å². The maximum Gasteiger partial charge on any atom is 0.387 e. The zero-order valence-electron chi connectivity index (χ0n) is 13.3. The van der Waals surface area contributed by atoms with Crippen LogP contribution in [0.4, 0.5) is 8.78 Å². The van der Waals surface area contributed by atoms with Crippen molar-refractivity contribution in [2.45, 2.75) is 13.2 Å². The summed E-state index contributed by atoms with van der Waals surface area (Å²) >= 11 is 7.50. The van der Waals surface area contributed by atoms with E-state index < -0.39 is 6.61 Å².